The van der Waals surface area contributed by atoms with Crippen LogP contribution in [0.2, 0.25) is 0 Å². The molecule has 0 saturated carbocycles. The summed E-state index contributed by atoms with van der Waals surface area (Å²) in [6, 6.07) is 4.20. The molecule has 2 aromatic heterocycles. The largest absolute Gasteiger partial charge is 0.372 e. The first kappa shape index (κ1) is 13.7. The van der Waals surface area contributed by atoms with Gasteiger partial charge in [-0.1, -0.05) is 6.92 Å². The Balaban J connectivity index is 2.22. The van der Waals surface area contributed by atoms with Gasteiger partial charge in [-0.15, -0.1) is 11.3 Å². The molecule has 2 heterocycles. The van der Waals surface area contributed by atoms with Gasteiger partial charge in [0.15, 0.2) is 0 Å². The summed E-state index contributed by atoms with van der Waals surface area (Å²) in [6.45, 7) is 4.41. The zero-order chi connectivity index (χ0) is 13.7. The van der Waals surface area contributed by atoms with Gasteiger partial charge in [-0.2, -0.15) is 5.26 Å². The molecule has 0 saturated heterocycles. The van der Waals surface area contributed by atoms with Crippen LogP contribution < -0.4 is 5.32 Å². The Kier molecular flexibility index (Phi) is 4.66. The van der Waals surface area contributed by atoms with Crippen LogP contribution in [0.25, 0.3) is 10.2 Å². The van der Waals surface area contributed by atoms with Crippen LogP contribution >= 0.6 is 11.3 Å². The fraction of sp³-hybridized carbons (Fsp3) is 0.462. The molecule has 0 radical (unpaired) electrons. The molecule has 5 nitrogen and oxygen atoms in total. The quantitative estimate of drug-likeness (QED) is 0.877. The van der Waals surface area contributed by atoms with Crippen LogP contribution in [0.15, 0.2) is 11.4 Å². The van der Waals surface area contributed by atoms with E-state index in [0.29, 0.717) is 13.0 Å². The molecule has 0 aromatic carbocycles. The van der Waals surface area contributed by atoms with Gasteiger partial charge in [0.25, 0.3) is 0 Å². The molecule has 0 unspecified atom stereocenters. The predicted octanol–water partition coefficient (Wildman–Crippen LogP) is 2.47. The van der Waals surface area contributed by atoms with Crippen LogP contribution in [-0.4, -0.2) is 35.0 Å². The second-order valence-corrected chi connectivity index (χ2v) is 5.05. The maximum atomic E-state index is 8.66. The van der Waals surface area contributed by atoms with Gasteiger partial charge in [0.1, 0.15) is 16.5 Å². The van der Waals surface area contributed by atoms with E-state index in [1.54, 1.807) is 11.3 Å². The molecule has 2 aromatic rings. The first-order chi connectivity index (χ1) is 9.28. The number of nitriles is 1. The van der Waals surface area contributed by atoms with Crippen molar-refractivity contribution in [3.8, 4) is 6.07 Å². The van der Waals surface area contributed by atoms with Gasteiger partial charge >= 0.3 is 0 Å². The predicted molar refractivity (Wildman–Crippen MR) is 78.1 cm³/mol. The molecular weight excluding hydrogens is 258 g/mol. The van der Waals surface area contributed by atoms with E-state index in [1.807, 2.05) is 18.5 Å². The van der Waals surface area contributed by atoms with Gasteiger partial charge < -0.3 is 5.32 Å². The van der Waals surface area contributed by atoms with Crippen LogP contribution in [0.3, 0.4) is 0 Å². The minimum absolute atomic E-state index is 0.536. The van der Waals surface area contributed by atoms with Crippen molar-refractivity contribution in [2.75, 3.05) is 25.5 Å². The molecule has 0 amide bonds. The van der Waals surface area contributed by atoms with Crippen molar-refractivity contribution >= 4 is 27.4 Å². The van der Waals surface area contributed by atoms with Gasteiger partial charge in [0.2, 0.25) is 0 Å². The lowest BCUT2D eigenvalue weighted by Gasteiger charge is -2.18. The monoisotopic (exact) mass is 275 g/mol. The average Bonchev–Trinajstić information content (AvgIpc) is 2.90. The molecule has 1 N–H and O–H groups in total. The molecule has 0 fully saturated rings. The third kappa shape index (κ3) is 3.19. The fourth-order valence-corrected chi connectivity index (χ4v) is 2.70. The van der Waals surface area contributed by atoms with Crippen molar-refractivity contribution in [3.05, 3.63) is 17.3 Å². The number of nitrogens with zero attached hydrogens (tertiary/aromatic N) is 4. The maximum Gasteiger partial charge on any atom is 0.146 e. The lowest BCUT2D eigenvalue weighted by Crippen LogP contribution is -2.25. The third-order valence-electron chi connectivity index (χ3n) is 2.96. The van der Waals surface area contributed by atoms with Gasteiger partial charge in [-0.25, -0.2) is 9.97 Å². The van der Waals surface area contributed by atoms with Crippen molar-refractivity contribution in [2.45, 2.75) is 19.9 Å². The van der Waals surface area contributed by atoms with E-state index in [9.17, 15) is 0 Å². The summed E-state index contributed by atoms with van der Waals surface area (Å²) in [4.78, 5) is 12.3. The summed E-state index contributed by atoms with van der Waals surface area (Å²) >= 11 is 1.62. The zero-order valence-corrected chi connectivity index (χ0v) is 12.0. The van der Waals surface area contributed by atoms with E-state index in [4.69, 9.17) is 5.26 Å². The minimum Gasteiger partial charge on any atom is -0.372 e. The van der Waals surface area contributed by atoms with E-state index in [0.717, 1.165) is 34.9 Å². The summed E-state index contributed by atoms with van der Waals surface area (Å²) < 4.78 is 0. The molecule has 2 rings (SSSR count). The molecule has 0 aliphatic carbocycles. The van der Waals surface area contributed by atoms with Crippen LogP contribution in [0.4, 0.5) is 5.82 Å². The van der Waals surface area contributed by atoms with Gasteiger partial charge in [0.05, 0.1) is 18.0 Å². The number of hydrogen-bond donors (Lipinski definition) is 1. The van der Waals surface area contributed by atoms with E-state index in [-0.39, 0.29) is 0 Å². The van der Waals surface area contributed by atoms with E-state index in [1.165, 1.54) is 0 Å². The van der Waals surface area contributed by atoms with Crippen molar-refractivity contribution in [2.24, 2.45) is 0 Å². The van der Waals surface area contributed by atoms with Crippen molar-refractivity contribution in [3.63, 3.8) is 0 Å². The number of thiophene rings is 1. The van der Waals surface area contributed by atoms with Gasteiger partial charge in [0, 0.05) is 20.0 Å². The fourth-order valence-electron chi connectivity index (χ4n) is 1.92. The number of hydrogen-bond acceptors (Lipinski definition) is 6. The summed E-state index contributed by atoms with van der Waals surface area (Å²) in [5.74, 6) is 1.68. The SMILES string of the molecule is CCN(CCC#N)Cc1nc(NC)c2ccsc2n1. The second kappa shape index (κ2) is 6.45. The first-order valence-electron chi connectivity index (χ1n) is 6.29. The molecule has 6 heteroatoms. The average molecular weight is 275 g/mol. The molecule has 0 atom stereocenters. The highest BCUT2D eigenvalue weighted by atomic mass is 32.1. The highest BCUT2D eigenvalue weighted by Gasteiger charge is 2.10. The van der Waals surface area contributed by atoms with Crippen LogP contribution in [0, 0.1) is 11.3 Å². The minimum atomic E-state index is 0.536. The van der Waals surface area contributed by atoms with Crippen molar-refractivity contribution in [1.82, 2.24) is 14.9 Å². The molecule has 0 bridgehead atoms. The Labute approximate surface area is 116 Å². The standard InChI is InChI=1S/C13H17N5S/c1-3-18(7-4-6-14)9-11-16-12(15-2)10-5-8-19-13(10)17-11/h5,8H,3-4,7,9H2,1-2H3,(H,15,16,17). The number of aromatic nitrogens is 2. The Morgan fingerprint density at radius 2 is 2.32 bits per heavy atom. The normalized spacial score (nSPS) is 10.8. The smallest absolute Gasteiger partial charge is 0.146 e. The highest BCUT2D eigenvalue weighted by molar-refractivity contribution is 7.16. The lowest BCUT2D eigenvalue weighted by atomic mass is 10.3. The summed E-state index contributed by atoms with van der Waals surface area (Å²) in [6.07, 6.45) is 0.536. The Bertz CT molecular complexity index is 586. The van der Waals surface area contributed by atoms with Crippen molar-refractivity contribution in [1.29, 1.82) is 5.26 Å². The summed E-state index contributed by atoms with van der Waals surface area (Å²) in [5, 5.41) is 14.9. The van der Waals surface area contributed by atoms with E-state index < -0.39 is 0 Å². The summed E-state index contributed by atoms with van der Waals surface area (Å²) in [7, 11) is 1.87. The highest BCUT2D eigenvalue weighted by Crippen LogP contribution is 2.24. The topological polar surface area (TPSA) is 64.8 Å². The number of rotatable bonds is 6. The van der Waals surface area contributed by atoms with Gasteiger partial charge in [-0.05, 0) is 18.0 Å². The van der Waals surface area contributed by atoms with Crippen LogP contribution in [0.5, 0.6) is 0 Å². The molecule has 100 valence electrons. The molecule has 19 heavy (non-hydrogen) atoms. The lowest BCUT2D eigenvalue weighted by molar-refractivity contribution is 0.280. The maximum absolute atomic E-state index is 8.66. The Morgan fingerprint density at radius 1 is 1.47 bits per heavy atom. The first-order valence-corrected chi connectivity index (χ1v) is 7.17. The second-order valence-electron chi connectivity index (χ2n) is 4.15. The van der Waals surface area contributed by atoms with Crippen molar-refractivity contribution < 1.29 is 0 Å². The molecular formula is C13H17N5S. The summed E-state index contributed by atoms with van der Waals surface area (Å²) in [5.41, 5.74) is 0. The zero-order valence-electron chi connectivity index (χ0n) is 11.2. The number of anilines is 1. The van der Waals surface area contributed by atoms with Crippen LogP contribution in [-0.2, 0) is 6.54 Å². The van der Waals surface area contributed by atoms with E-state index in [2.05, 4.69) is 33.2 Å². The molecule has 0 aliphatic heterocycles. The van der Waals surface area contributed by atoms with Crippen LogP contribution in [0.1, 0.15) is 19.2 Å². The number of nitrogens with one attached hydrogen (secondary N) is 1. The number of fused-ring (bicyclic) bond motifs is 1. The van der Waals surface area contributed by atoms with E-state index >= 15 is 0 Å². The third-order valence-corrected chi connectivity index (χ3v) is 3.77. The Hall–Kier alpha value is -1.71. The Morgan fingerprint density at radius 3 is 3.00 bits per heavy atom. The van der Waals surface area contributed by atoms with Gasteiger partial charge in [-0.3, -0.25) is 4.90 Å². The molecule has 0 aliphatic rings. The molecule has 0 spiro atoms.